The summed E-state index contributed by atoms with van der Waals surface area (Å²) in [5.41, 5.74) is 5.26. The van der Waals surface area contributed by atoms with Crippen LogP contribution >= 0.6 is 11.8 Å². The lowest BCUT2D eigenvalue weighted by Crippen LogP contribution is -2.16. The quantitative estimate of drug-likeness (QED) is 0.811. The van der Waals surface area contributed by atoms with Crippen molar-refractivity contribution < 1.29 is 0 Å². The highest BCUT2D eigenvalue weighted by Crippen LogP contribution is 2.20. The van der Waals surface area contributed by atoms with Gasteiger partial charge in [0.2, 0.25) is 0 Å². The van der Waals surface area contributed by atoms with Gasteiger partial charge in [-0.25, -0.2) is 0 Å². The lowest BCUT2D eigenvalue weighted by molar-refractivity contribution is 0.727. The predicted molar refractivity (Wildman–Crippen MR) is 85.3 cm³/mol. The molecule has 0 radical (unpaired) electrons. The zero-order valence-corrected chi connectivity index (χ0v) is 12.8. The molecule has 1 aromatic heterocycles. The van der Waals surface area contributed by atoms with Crippen molar-refractivity contribution in [1.29, 1.82) is 0 Å². The van der Waals surface area contributed by atoms with Crippen LogP contribution in [0.4, 0.5) is 0 Å². The van der Waals surface area contributed by atoms with Crippen LogP contribution in [0.2, 0.25) is 0 Å². The molecule has 1 aromatic carbocycles. The molecule has 0 atom stereocenters. The molecule has 0 aliphatic heterocycles. The summed E-state index contributed by atoms with van der Waals surface area (Å²) in [5, 5.41) is 3.50. The van der Waals surface area contributed by atoms with Crippen LogP contribution in [0.15, 0.2) is 36.4 Å². The summed E-state index contributed by atoms with van der Waals surface area (Å²) < 4.78 is 2.32. The topological polar surface area (TPSA) is 17.0 Å². The zero-order chi connectivity index (χ0) is 13.7. The van der Waals surface area contributed by atoms with Crippen LogP contribution in [0.1, 0.15) is 17.0 Å². The first-order chi connectivity index (χ1) is 9.24. The van der Waals surface area contributed by atoms with Gasteiger partial charge in [0.15, 0.2) is 0 Å². The van der Waals surface area contributed by atoms with E-state index in [1.54, 1.807) is 0 Å². The third kappa shape index (κ3) is 3.43. The maximum absolute atomic E-state index is 3.50. The molecule has 2 nitrogen and oxygen atoms in total. The van der Waals surface area contributed by atoms with E-state index in [4.69, 9.17) is 0 Å². The van der Waals surface area contributed by atoms with Gasteiger partial charge in [-0.1, -0.05) is 18.2 Å². The Balaban J connectivity index is 2.16. The van der Waals surface area contributed by atoms with Crippen molar-refractivity contribution in [3.8, 4) is 5.69 Å². The highest BCUT2D eigenvalue weighted by atomic mass is 32.2. The van der Waals surface area contributed by atoms with Gasteiger partial charge < -0.3 is 9.88 Å². The number of rotatable bonds is 6. The lowest BCUT2D eigenvalue weighted by atomic mass is 10.2. The Morgan fingerprint density at radius 1 is 1.16 bits per heavy atom. The average Bonchev–Trinajstić information content (AvgIpc) is 2.71. The van der Waals surface area contributed by atoms with Gasteiger partial charge >= 0.3 is 0 Å². The molecule has 19 heavy (non-hydrogen) atoms. The molecule has 1 N–H and O–H groups in total. The summed E-state index contributed by atoms with van der Waals surface area (Å²) in [7, 11) is 0. The Morgan fingerprint density at radius 3 is 2.58 bits per heavy atom. The molecule has 0 aliphatic rings. The summed E-state index contributed by atoms with van der Waals surface area (Å²) in [6.45, 7) is 6.39. The van der Waals surface area contributed by atoms with Crippen LogP contribution in [0.5, 0.6) is 0 Å². The van der Waals surface area contributed by atoms with Crippen molar-refractivity contribution in [3.63, 3.8) is 0 Å². The largest absolute Gasteiger partial charge is 0.318 e. The van der Waals surface area contributed by atoms with Crippen LogP contribution in [-0.4, -0.2) is 23.1 Å². The van der Waals surface area contributed by atoms with E-state index < -0.39 is 0 Å². The second kappa shape index (κ2) is 6.83. The van der Waals surface area contributed by atoms with E-state index in [0.717, 1.165) is 18.8 Å². The first-order valence-corrected chi connectivity index (χ1v) is 8.06. The average molecular weight is 274 g/mol. The first kappa shape index (κ1) is 14.2. The fourth-order valence-electron chi connectivity index (χ4n) is 2.38. The van der Waals surface area contributed by atoms with Gasteiger partial charge in [0.1, 0.15) is 0 Å². The van der Waals surface area contributed by atoms with Gasteiger partial charge in [-0.2, -0.15) is 11.8 Å². The number of hydrogen-bond donors (Lipinski definition) is 1. The van der Waals surface area contributed by atoms with E-state index in [-0.39, 0.29) is 0 Å². The highest BCUT2D eigenvalue weighted by Gasteiger charge is 2.09. The molecule has 0 bridgehead atoms. The Morgan fingerprint density at radius 2 is 1.89 bits per heavy atom. The minimum absolute atomic E-state index is 0.951. The third-order valence-corrected chi connectivity index (χ3v) is 3.96. The SMILES string of the molecule is CSCCNCc1cc(C)n(-c2ccccc2)c1C. The number of nitrogens with one attached hydrogen (secondary N) is 1. The van der Waals surface area contributed by atoms with E-state index in [2.05, 4.69) is 66.4 Å². The number of aromatic nitrogens is 1. The zero-order valence-electron chi connectivity index (χ0n) is 11.9. The number of aryl methyl sites for hydroxylation is 1. The van der Waals surface area contributed by atoms with Crippen molar-refractivity contribution in [2.24, 2.45) is 0 Å². The molecule has 0 amide bonds. The van der Waals surface area contributed by atoms with Crippen LogP contribution in [0, 0.1) is 13.8 Å². The van der Waals surface area contributed by atoms with Crippen molar-refractivity contribution >= 4 is 11.8 Å². The number of thioether (sulfide) groups is 1. The van der Waals surface area contributed by atoms with Gasteiger partial charge in [-0.05, 0) is 43.9 Å². The number of benzene rings is 1. The van der Waals surface area contributed by atoms with Crippen LogP contribution < -0.4 is 5.32 Å². The summed E-state index contributed by atoms with van der Waals surface area (Å²) >= 11 is 1.88. The van der Waals surface area contributed by atoms with Gasteiger partial charge in [-0.15, -0.1) is 0 Å². The number of hydrogen-bond acceptors (Lipinski definition) is 2. The summed E-state index contributed by atoms with van der Waals surface area (Å²) in [5.74, 6) is 1.16. The fraction of sp³-hybridized carbons (Fsp3) is 0.375. The maximum atomic E-state index is 3.50. The normalized spacial score (nSPS) is 10.9. The van der Waals surface area contributed by atoms with Gasteiger partial charge in [0.05, 0.1) is 0 Å². The predicted octanol–water partition coefficient (Wildman–Crippen LogP) is 3.55. The molecule has 0 unspecified atom stereocenters. The Bertz CT molecular complexity index is 517. The lowest BCUT2D eigenvalue weighted by Gasteiger charge is -2.10. The molecule has 2 aromatic rings. The molecule has 0 fully saturated rings. The summed E-state index contributed by atoms with van der Waals surface area (Å²) in [6.07, 6.45) is 2.14. The van der Waals surface area contributed by atoms with Gasteiger partial charge in [-0.3, -0.25) is 0 Å². The van der Waals surface area contributed by atoms with E-state index in [1.807, 2.05) is 11.8 Å². The van der Waals surface area contributed by atoms with E-state index >= 15 is 0 Å². The van der Waals surface area contributed by atoms with Crippen LogP contribution in [0.3, 0.4) is 0 Å². The molecule has 102 valence electrons. The molecule has 3 heteroatoms. The smallest absolute Gasteiger partial charge is 0.0455 e. The van der Waals surface area contributed by atoms with Crippen LogP contribution in [-0.2, 0) is 6.54 Å². The monoisotopic (exact) mass is 274 g/mol. The standard InChI is InChI=1S/C16H22N2S/c1-13-11-15(12-17-9-10-19-3)14(2)18(13)16-7-5-4-6-8-16/h4-8,11,17H,9-10,12H2,1-3H3. The molecule has 1 heterocycles. The molecular weight excluding hydrogens is 252 g/mol. The maximum Gasteiger partial charge on any atom is 0.0455 e. The molecule has 0 aliphatic carbocycles. The minimum atomic E-state index is 0.951. The second-order valence-electron chi connectivity index (χ2n) is 4.74. The Kier molecular flexibility index (Phi) is 5.11. The fourth-order valence-corrected chi connectivity index (χ4v) is 2.73. The highest BCUT2D eigenvalue weighted by molar-refractivity contribution is 7.98. The molecule has 0 spiro atoms. The second-order valence-corrected chi connectivity index (χ2v) is 5.72. The van der Waals surface area contributed by atoms with Crippen LogP contribution in [0.25, 0.3) is 5.69 Å². The summed E-state index contributed by atoms with van der Waals surface area (Å²) in [4.78, 5) is 0. The van der Waals surface area contributed by atoms with Crippen molar-refractivity contribution in [1.82, 2.24) is 9.88 Å². The molecule has 0 saturated heterocycles. The minimum Gasteiger partial charge on any atom is -0.318 e. The molecular formula is C16H22N2S. The van der Waals surface area contributed by atoms with E-state index in [1.165, 1.54) is 22.6 Å². The number of nitrogens with zero attached hydrogens (tertiary/aromatic N) is 1. The van der Waals surface area contributed by atoms with Crippen molar-refractivity contribution in [2.45, 2.75) is 20.4 Å². The summed E-state index contributed by atoms with van der Waals surface area (Å²) in [6, 6.07) is 12.8. The molecule has 0 saturated carbocycles. The molecule has 2 rings (SSSR count). The van der Waals surface area contributed by atoms with Gasteiger partial charge in [0, 0.05) is 35.9 Å². The van der Waals surface area contributed by atoms with Crippen molar-refractivity contribution in [3.05, 3.63) is 53.3 Å². The number of para-hydroxylation sites is 1. The van der Waals surface area contributed by atoms with E-state index in [9.17, 15) is 0 Å². The Hall–Kier alpha value is -1.19. The van der Waals surface area contributed by atoms with Gasteiger partial charge in [0.25, 0.3) is 0 Å². The first-order valence-electron chi connectivity index (χ1n) is 6.67. The van der Waals surface area contributed by atoms with E-state index in [0.29, 0.717) is 0 Å². The third-order valence-electron chi connectivity index (χ3n) is 3.35. The van der Waals surface area contributed by atoms with Crippen molar-refractivity contribution in [2.75, 3.05) is 18.6 Å². The Labute approximate surface area is 120 Å².